The normalized spacial score (nSPS) is 11.1. The second-order valence-electron chi connectivity index (χ2n) is 3.48. The zero-order valence-electron chi connectivity index (χ0n) is 9.30. The van der Waals surface area contributed by atoms with E-state index in [2.05, 4.69) is 10.0 Å². The molecule has 0 fully saturated rings. The van der Waals surface area contributed by atoms with Crippen molar-refractivity contribution in [1.29, 1.82) is 0 Å². The molecule has 1 aromatic rings. The molecule has 6 nitrogen and oxygen atoms in total. The Bertz CT molecular complexity index is 499. The zero-order valence-corrected chi connectivity index (χ0v) is 10.1. The van der Waals surface area contributed by atoms with Gasteiger partial charge in [0.1, 0.15) is 0 Å². The van der Waals surface area contributed by atoms with Gasteiger partial charge in [0.2, 0.25) is 10.0 Å². The van der Waals surface area contributed by atoms with Gasteiger partial charge in [0, 0.05) is 18.8 Å². The maximum Gasteiger partial charge on any atom is 0.335 e. The number of nitrogens with one attached hydrogen (secondary N) is 2. The SMILES string of the molecule is CS(=O)(=O)NCCNc1cccc(C(=O)O)c1. The number of benzene rings is 1. The van der Waals surface area contributed by atoms with Crippen molar-refractivity contribution in [3.63, 3.8) is 0 Å². The molecule has 0 radical (unpaired) electrons. The van der Waals surface area contributed by atoms with E-state index in [0.29, 0.717) is 12.2 Å². The van der Waals surface area contributed by atoms with Crippen LogP contribution in [-0.4, -0.2) is 38.8 Å². The van der Waals surface area contributed by atoms with Gasteiger partial charge in [0.05, 0.1) is 11.8 Å². The first kappa shape index (κ1) is 13.5. The fourth-order valence-electron chi connectivity index (χ4n) is 1.21. The first-order valence-corrected chi connectivity index (χ1v) is 6.79. The van der Waals surface area contributed by atoms with Gasteiger partial charge in [-0.1, -0.05) is 6.07 Å². The summed E-state index contributed by atoms with van der Waals surface area (Å²) in [7, 11) is -3.18. The van der Waals surface area contributed by atoms with E-state index in [-0.39, 0.29) is 12.1 Å². The van der Waals surface area contributed by atoms with Crippen molar-refractivity contribution < 1.29 is 18.3 Å². The summed E-state index contributed by atoms with van der Waals surface area (Å²) in [6.07, 6.45) is 1.08. The monoisotopic (exact) mass is 258 g/mol. The van der Waals surface area contributed by atoms with Gasteiger partial charge < -0.3 is 10.4 Å². The molecule has 0 saturated heterocycles. The zero-order chi connectivity index (χ0) is 12.9. The number of sulfonamides is 1. The van der Waals surface area contributed by atoms with Crippen molar-refractivity contribution in [2.24, 2.45) is 0 Å². The van der Waals surface area contributed by atoms with Gasteiger partial charge in [-0.15, -0.1) is 0 Å². The lowest BCUT2D eigenvalue weighted by Crippen LogP contribution is -2.27. The number of aromatic carboxylic acids is 1. The molecule has 17 heavy (non-hydrogen) atoms. The maximum absolute atomic E-state index is 10.8. The topological polar surface area (TPSA) is 95.5 Å². The first-order chi connectivity index (χ1) is 7.88. The van der Waals surface area contributed by atoms with Crippen LogP contribution in [0.4, 0.5) is 5.69 Å². The number of anilines is 1. The minimum absolute atomic E-state index is 0.186. The quantitative estimate of drug-likeness (QED) is 0.640. The van der Waals surface area contributed by atoms with Crippen LogP contribution < -0.4 is 10.0 Å². The van der Waals surface area contributed by atoms with Crippen molar-refractivity contribution in [2.45, 2.75) is 0 Å². The van der Waals surface area contributed by atoms with Crippen molar-refractivity contribution in [3.05, 3.63) is 29.8 Å². The molecule has 1 aromatic carbocycles. The van der Waals surface area contributed by atoms with E-state index in [1.807, 2.05) is 0 Å². The van der Waals surface area contributed by atoms with Crippen LogP contribution in [0.3, 0.4) is 0 Å². The van der Waals surface area contributed by atoms with E-state index in [4.69, 9.17) is 5.11 Å². The fraction of sp³-hybridized carbons (Fsp3) is 0.300. The second-order valence-corrected chi connectivity index (χ2v) is 5.31. The van der Waals surface area contributed by atoms with E-state index in [1.165, 1.54) is 12.1 Å². The molecule has 0 amide bonds. The fourth-order valence-corrected chi connectivity index (χ4v) is 1.68. The highest BCUT2D eigenvalue weighted by molar-refractivity contribution is 7.88. The van der Waals surface area contributed by atoms with Crippen LogP contribution in [-0.2, 0) is 10.0 Å². The molecule has 0 saturated carbocycles. The Labute approximate surface area is 99.7 Å². The van der Waals surface area contributed by atoms with Gasteiger partial charge >= 0.3 is 5.97 Å². The maximum atomic E-state index is 10.8. The lowest BCUT2D eigenvalue weighted by molar-refractivity contribution is 0.0697. The molecule has 0 unspecified atom stereocenters. The Balaban J connectivity index is 2.47. The summed E-state index contributed by atoms with van der Waals surface area (Å²) in [5.74, 6) is -0.997. The Morgan fingerprint density at radius 1 is 1.35 bits per heavy atom. The summed E-state index contributed by atoms with van der Waals surface area (Å²) in [6.45, 7) is 0.631. The molecule has 0 aliphatic heterocycles. The van der Waals surface area contributed by atoms with Crippen molar-refractivity contribution in [1.82, 2.24) is 4.72 Å². The third kappa shape index (κ3) is 5.32. The van der Waals surface area contributed by atoms with E-state index in [0.717, 1.165) is 6.26 Å². The van der Waals surface area contributed by atoms with E-state index >= 15 is 0 Å². The lowest BCUT2D eigenvalue weighted by Gasteiger charge is -2.07. The first-order valence-electron chi connectivity index (χ1n) is 4.90. The summed E-state index contributed by atoms with van der Waals surface area (Å²) in [6, 6.07) is 6.31. The Morgan fingerprint density at radius 3 is 2.65 bits per heavy atom. The van der Waals surface area contributed by atoms with Crippen LogP contribution >= 0.6 is 0 Å². The summed E-state index contributed by atoms with van der Waals surface area (Å²) in [4.78, 5) is 10.7. The Morgan fingerprint density at radius 2 is 2.06 bits per heavy atom. The van der Waals surface area contributed by atoms with E-state index in [1.54, 1.807) is 12.1 Å². The third-order valence-electron chi connectivity index (χ3n) is 1.93. The van der Waals surface area contributed by atoms with Crippen LogP contribution in [0.1, 0.15) is 10.4 Å². The highest BCUT2D eigenvalue weighted by Gasteiger charge is 2.03. The van der Waals surface area contributed by atoms with Gasteiger partial charge in [-0.05, 0) is 18.2 Å². The standard InChI is InChI=1S/C10H14N2O4S/c1-17(15,16)12-6-5-11-9-4-2-3-8(7-9)10(13)14/h2-4,7,11-12H,5-6H2,1H3,(H,13,14). The smallest absolute Gasteiger partial charge is 0.335 e. The molecule has 0 heterocycles. The van der Waals surface area contributed by atoms with Crippen LogP contribution in [0.5, 0.6) is 0 Å². The highest BCUT2D eigenvalue weighted by atomic mass is 32.2. The van der Waals surface area contributed by atoms with E-state index < -0.39 is 16.0 Å². The van der Waals surface area contributed by atoms with Gasteiger partial charge in [-0.2, -0.15) is 0 Å². The number of hydrogen-bond acceptors (Lipinski definition) is 4. The van der Waals surface area contributed by atoms with Crippen LogP contribution in [0.25, 0.3) is 0 Å². The third-order valence-corrected chi connectivity index (χ3v) is 2.66. The Hall–Kier alpha value is -1.60. The molecule has 3 N–H and O–H groups in total. The molecule has 1 rings (SSSR count). The van der Waals surface area contributed by atoms with Crippen LogP contribution in [0.2, 0.25) is 0 Å². The Kier molecular flexibility index (Phi) is 4.47. The van der Waals surface area contributed by atoms with Crippen LogP contribution in [0, 0.1) is 0 Å². The predicted octanol–water partition coefficient (Wildman–Crippen LogP) is 0.346. The van der Waals surface area contributed by atoms with Gasteiger partial charge in [0.15, 0.2) is 0 Å². The molecule has 0 aliphatic carbocycles. The number of rotatable bonds is 6. The average molecular weight is 258 g/mol. The summed E-state index contributed by atoms with van der Waals surface area (Å²) in [5, 5.41) is 11.7. The number of hydrogen-bond donors (Lipinski definition) is 3. The minimum Gasteiger partial charge on any atom is -0.478 e. The van der Waals surface area contributed by atoms with Crippen molar-refractivity contribution >= 4 is 21.7 Å². The molecule has 0 bridgehead atoms. The van der Waals surface area contributed by atoms with Gasteiger partial charge in [-0.3, -0.25) is 0 Å². The molecular formula is C10H14N2O4S. The molecule has 0 spiro atoms. The number of carbonyl (C=O) groups is 1. The molecule has 0 aromatic heterocycles. The molecule has 0 atom stereocenters. The summed E-state index contributed by atoms with van der Waals surface area (Å²) in [5.41, 5.74) is 0.825. The minimum atomic E-state index is -3.18. The van der Waals surface area contributed by atoms with E-state index in [9.17, 15) is 13.2 Å². The highest BCUT2D eigenvalue weighted by Crippen LogP contribution is 2.09. The average Bonchev–Trinajstić information content (AvgIpc) is 2.23. The second kappa shape index (κ2) is 5.65. The molecular weight excluding hydrogens is 244 g/mol. The summed E-state index contributed by atoms with van der Waals surface area (Å²) < 4.78 is 23.9. The van der Waals surface area contributed by atoms with Crippen LogP contribution in [0.15, 0.2) is 24.3 Å². The predicted molar refractivity (Wildman–Crippen MR) is 64.7 cm³/mol. The van der Waals surface area contributed by atoms with Crippen molar-refractivity contribution in [2.75, 3.05) is 24.7 Å². The lowest BCUT2D eigenvalue weighted by atomic mass is 10.2. The van der Waals surface area contributed by atoms with Crippen molar-refractivity contribution in [3.8, 4) is 0 Å². The summed E-state index contributed by atoms with van der Waals surface area (Å²) >= 11 is 0. The molecule has 0 aliphatic rings. The number of carboxylic acid groups (broad SMARTS) is 1. The van der Waals surface area contributed by atoms with Gasteiger partial charge in [0.25, 0.3) is 0 Å². The molecule has 94 valence electrons. The van der Waals surface area contributed by atoms with Gasteiger partial charge in [-0.25, -0.2) is 17.9 Å². The number of carboxylic acids is 1. The largest absolute Gasteiger partial charge is 0.478 e. The molecule has 7 heteroatoms.